The van der Waals surface area contributed by atoms with Gasteiger partial charge in [0, 0.05) is 4.47 Å². The number of halogens is 3. The Kier molecular flexibility index (Phi) is 7.28. The van der Waals surface area contributed by atoms with Gasteiger partial charge in [-0.3, -0.25) is 9.69 Å². The van der Waals surface area contributed by atoms with Gasteiger partial charge in [0.2, 0.25) is 11.1 Å². The van der Waals surface area contributed by atoms with E-state index in [0.717, 1.165) is 10.7 Å². The number of rotatable bonds is 6. The van der Waals surface area contributed by atoms with Gasteiger partial charge in [0.05, 0.1) is 23.4 Å². The molecule has 2 heterocycles. The molecule has 11 heteroatoms. The van der Waals surface area contributed by atoms with Crippen LogP contribution < -0.4 is 14.4 Å². The van der Waals surface area contributed by atoms with E-state index in [9.17, 15) is 9.18 Å². The zero-order chi connectivity index (χ0) is 23.5. The molecule has 2 aromatic carbocycles. The van der Waals surface area contributed by atoms with Crippen molar-refractivity contribution in [2.24, 2.45) is 0 Å². The van der Waals surface area contributed by atoms with Crippen LogP contribution in [0.1, 0.15) is 12.5 Å². The fourth-order valence-corrected chi connectivity index (χ4v) is 4.59. The fourth-order valence-electron chi connectivity index (χ4n) is 2.91. The molecule has 0 N–H and O–H groups in total. The van der Waals surface area contributed by atoms with E-state index in [-0.39, 0.29) is 22.8 Å². The van der Waals surface area contributed by atoms with Crippen molar-refractivity contribution in [2.45, 2.75) is 6.92 Å². The van der Waals surface area contributed by atoms with Gasteiger partial charge in [0.25, 0.3) is 11.8 Å². The lowest BCUT2D eigenvalue weighted by Gasteiger charge is -2.14. The first-order chi connectivity index (χ1) is 15.9. The standard InChI is InChI=1S/C22H14BrClFN3O3S2/c1-2-30-17-9-12(3-8-16(17)31-19-15(25)11-26-21(24)27-19)10-18-20(29)28(22(32)33-18)14-6-4-13(23)5-7-14/h3-11H,2H2,1H3/b18-10+. The molecule has 0 atom stereocenters. The number of carbonyl (C=O) groups is 1. The summed E-state index contributed by atoms with van der Waals surface area (Å²) in [5.41, 5.74) is 1.37. The minimum Gasteiger partial charge on any atom is -0.490 e. The van der Waals surface area contributed by atoms with Gasteiger partial charge >= 0.3 is 0 Å². The molecule has 1 saturated heterocycles. The first-order valence-electron chi connectivity index (χ1n) is 9.52. The van der Waals surface area contributed by atoms with E-state index in [1.807, 2.05) is 31.2 Å². The lowest BCUT2D eigenvalue weighted by molar-refractivity contribution is -0.113. The molecular weight excluding hydrogens is 553 g/mol. The van der Waals surface area contributed by atoms with Gasteiger partial charge in [0.15, 0.2) is 15.8 Å². The molecule has 0 saturated carbocycles. The topological polar surface area (TPSA) is 64.5 Å². The fraction of sp³-hybridized carbons (Fsp3) is 0.0909. The zero-order valence-corrected chi connectivity index (χ0v) is 20.9. The third-order valence-corrected chi connectivity index (χ3v) is 6.35. The summed E-state index contributed by atoms with van der Waals surface area (Å²) in [6, 6.07) is 12.3. The molecule has 3 aromatic rings. The van der Waals surface area contributed by atoms with Gasteiger partial charge in [-0.2, -0.15) is 9.37 Å². The number of hydrogen-bond donors (Lipinski definition) is 0. The van der Waals surface area contributed by atoms with Gasteiger partial charge in [-0.15, -0.1) is 0 Å². The Hall–Kier alpha value is -2.53. The molecule has 0 unspecified atom stereocenters. The van der Waals surface area contributed by atoms with Crippen molar-refractivity contribution >= 4 is 73.5 Å². The molecule has 0 aliphatic carbocycles. The van der Waals surface area contributed by atoms with E-state index < -0.39 is 5.82 Å². The number of amides is 1. The Balaban J connectivity index is 1.62. The Labute approximate surface area is 211 Å². The summed E-state index contributed by atoms with van der Waals surface area (Å²) in [6.45, 7) is 2.15. The first-order valence-corrected chi connectivity index (χ1v) is 11.9. The van der Waals surface area contributed by atoms with Crippen molar-refractivity contribution < 1.29 is 18.7 Å². The zero-order valence-electron chi connectivity index (χ0n) is 16.9. The van der Waals surface area contributed by atoms with Crippen molar-refractivity contribution in [1.29, 1.82) is 0 Å². The predicted molar refractivity (Wildman–Crippen MR) is 134 cm³/mol. The maximum atomic E-state index is 14.0. The molecule has 33 heavy (non-hydrogen) atoms. The van der Waals surface area contributed by atoms with Gasteiger partial charge < -0.3 is 9.47 Å². The molecule has 0 bridgehead atoms. The molecule has 0 radical (unpaired) electrons. The molecular formula is C22H14BrClFN3O3S2. The highest BCUT2D eigenvalue weighted by molar-refractivity contribution is 9.10. The number of nitrogens with zero attached hydrogens (tertiary/aromatic N) is 3. The smallest absolute Gasteiger partial charge is 0.270 e. The van der Waals surface area contributed by atoms with Crippen LogP contribution in [0.2, 0.25) is 5.28 Å². The van der Waals surface area contributed by atoms with Crippen LogP contribution >= 0.6 is 51.5 Å². The van der Waals surface area contributed by atoms with Crippen molar-refractivity contribution in [2.75, 3.05) is 11.5 Å². The second kappa shape index (κ2) is 10.2. The Morgan fingerprint density at radius 1 is 1.24 bits per heavy atom. The molecule has 168 valence electrons. The summed E-state index contributed by atoms with van der Waals surface area (Å²) in [5.74, 6) is -0.709. The molecule has 4 rings (SSSR count). The number of hydrogen-bond acceptors (Lipinski definition) is 7. The first kappa shape index (κ1) is 23.6. The third kappa shape index (κ3) is 5.35. The number of anilines is 1. The van der Waals surface area contributed by atoms with E-state index in [2.05, 4.69) is 25.9 Å². The van der Waals surface area contributed by atoms with Crippen LogP contribution in [-0.2, 0) is 4.79 Å². The number of carbonyl (C=O) groups excluding carboxylic acids is 1. The molecule has 1 aliphatic rings. The highest BCUT2D eigenvalue weighted by Gasteiger charge is 2.33. The Morgan fingerprint density at radius 2 is 2.00 bits per heavy atom. The number of aromatic nitrogens is 2. The van der Waals surface area contributed by atoms with E-state index in [1.54, 1.807) is 24.3 Å². The van der Waals surface area contributed by atoms with Gasteiger partial charge in [-0.1, -0.05) is 46.0 Å². The normalized spacial score (nSPS) is 14.8. The highest BCUT2D eigenvalue weighted by Crippen LogP contribution is 2.38. The van der Waals surface area contributed by atoms with Crippen molar-refractivity contribution in [3.05, 3.63) is 74.7 Å². The summed E-state index contributed by atoms with van der Waals surface area (Å²) in [5, 5.41) is -0.145. The lowest BCUT2D eigenvalue weighted by Crippen LogP contribution is -2.27. The van der Waals surface area contributed by atoms with Crippen molar-refractivity contribution in [3.63, 3.8) is 0 Å². The predicted octanol–water partition coefficient (Wildman–Crippen LogP) is 6.63. The summed E-state index contributed by atoms with van der Waals surface area (Å²) < 4.78 is 26.5. The minimum absolute atomic E-state index is 0.145. The van der Waals surface area contributed by atoms with Crippen LogP contribution in [0.3, 0.4) is 0 Å². The van der Waals surface area contributed by atoms with Crippen LogP contribution in [0.5, 0.6) is 17.4 Å². The quantitative estimate of drug-likeness (QED) is 0.189. The van der Waals surface area contributed by atoms with E-state index in [4.69, 9.17) is 33.3 Å². The second-order valence-corrected chi connectivity index (χ2v) is 9.46. The maximum Gasteiger partial charge on any atom is 0.270 e. The van der Waals surface area contributed by atoms with Crippen LogP contribution in [0, 0.1) is 5.82 Å². The second-order valence-electron chi connectivity index (χ2n) is 6.53. The average molecular weight is 567 g/mol. The molecule has 1 fully saturated rings. The van der Waals surface area contributed by atoms with Gasteiger partial charge in [0.1, 0.15) is 0 Å². The Bertz CT molecular complexity index is 1270. The largest absolute Gasteiger partial charge is 0.490 e. The van der Waals surface area contributed by atoms with Gasteiger partial charge in [-0.25, -0.2) is 4.98 Å². The molecule has 1 amide bonds. The van der Waals surface area contributed by atoms with Crippen LogP contribution in [-0.4, -0.2) is 26.8 Å². The van der Waals surface area contributed by atoms with E-state index >= 15 is 0 Å². The summed E-state index contributed by atoms with van der Waals surface area (Å²) in [7, 11) is 0. The van der Waals surface area contributed by atoms with E-state index in [0.29, 0.717) is 32.8 Å². The van der Waals surface area contributed by atoms with Crippen LogP contribution in [0.4, 0.5) is 10.1 Å². The summed E-state index contributed by atoms with van der Waals surface area (Å²) in [6.07, 6.45) is 2.64. The molecule has 1 aliphatic heterocycles. The molecule has 6 nitrogen and oxygen atoms in total. The number of thioether (sulfide) groups is 1. The van der Waals surface area contributed by atoms with Crippen molar-refractivity contribution in [1.82, 2.24) is 9.97 Å². The summed E-state index contributed by atoms with van der Waals surface area (Å²) in [4.78, 5) is 22.3. The molecule has 0 spiro atoms. The molecule has 1 aromatic heterocycles. The minimum atomic E-state index is -0.762. The highest BCUT2D eigenvalue weighted by atomic mass is 79.9. The average Bonchev–Trinajstić information content (AvgIpc) is 3.06. The summed E-state index contributed by atoms with van der Waals surface area (Å²) >= 11 is 15.8. The monoisotopic (exact) mass is 565 g/mol. The SMILES string of the molecule is CCOc1cc(/C=C2/SC(=S)N(c3ccc(Br)cc3)C2=O)ccc1Oc1nc(Cl)ncc1F. The van der Waals surface area contributed by atoms with Crippen LogP contribution in [0.25, 0.3) is 6.08 Å². The number of benzene rings is 2. The lowest BCUT2D eigenvalue weighted by atomic mass is 10.1. The third-order valence-electron chi connectivity index (χ3n) is 4.33. The van der Waals surface area contributed by atoms with E-state index in [1.165, 1.54) is 16.7 Å². The van der Waals surface area contributed by atoms with Crippen LogP contribution in [0.15, 0.2) is 58.0 Å². The number of ether oxygens (including phenoxy) is 2. The van der Waals surface area contributed by atoms with Crippen molar-refractivity contribution in [3.8, 4) is 17.4 Å². The number of thiocarbonyl (C=S) groups is 1. The maximum absolute atomic E-state index is 14.0. The van der Waals surface area contributed by atoms with Gasteiger partial charge in [-0.05, 0) is 66.6 Å². The Morgan fingerprint density at radius 3 is 2.73 bits per heavy atom.